The van der Waals surface area contributed by atoms with Gasteiger partial charge in [0.15, 0.2) is 6.40 Å². The first kappa shape index (κ1) is 15.3. The van der Waals surface area contributed by atoms with Crippen molar-refractivity contribution in [2.45, 2.75) is 70.1 Å². The molecule has 0 aromatic carbocycles. The average Bonchev–Trinajstić information content (AvgIpc) is 3.00. The Bertz CT molecular complexity index is 327. The molecule has 0 aromatic rings. The molecular formula is C14H30N2OSi2. The molecule has 0 amide bonds. The van der Waals surface area contributed by atoms with Crippen molar-refractivity contribution in [1.82, 2.24) is 4.57 Å². The monoisotopic (exact) mass is 298 g/mol. The van der Waals surface area contributed by atoms with Crippen LogP contribution in [0.15, 0.2) is 4.99 Å². The Morgan fingerprint density at radius 3 is 2.26 bits per heavy atom. The summed E-state index contributed by atoms with van der Waals surface area (Å²) in [5, 5.41) is 0. The van der Waals surface area contributed by atoms with Gasteiger partial charge in [-0.2, -0.15) is 0 Å². The van der Waals surface area contributed by atoms with E-state index in [1.807, 2.05) is 0 Å². The highest BCUT2D eigenvalue weighted by atomic mass is 28.3. The van der Waals surface area contributed by atoms with Gasteiger partial charge in [0.2, 0.25) is 0 Å². The molecule has 0 saturated carbocycles. The molecule has 110 valence electrons. The van der Waals surface area contributed by atoms with E-state index in [2.05, 4.69) is 37.3 Å². The third kappa shape index (κ3) is 2.69. The van der Waals surface area contributed by atoms with Gasteiger partial charge in [-0.1, -0.05) is 45.8 Å². The van der Waals surface area contributed by atoms with Crippen LogP contribution in [-0.4, -0.2) is 46.2 Å². The molecule has 0 spiro atoms. The third-order valence-electron chi connectivity index (χ3n) is 5.96. The maximum absolute atomic E-state index is 5.43. The summed E-state index contributed by atoms with van der Waals surface area (Å²) in [5.74, 6) is 0. The molecule has 2 aliphatic heterocycles. The number of nitrogens with zero attached hydrogens (tertiary/aromatic N) is 2. The molecule has 3 nitrogen and oxygen atoms in total. The van der Waals surface area contributed by atoms with Crippen LogP contribution in [0.5, 0.6) is 0 Å². The lowest BCUT2D eigenvalue weighted by Gasteiger charge is -2.53. The van der Waals surface area contributed by atoms with E-state index in [9.17, 15) is 0 Å². The molecule has 0 aliphatic carbocycles. The van der Waals surface area contributed by atoms with E-state index in [1.54, 1.807) is 12.4 Å². The highest BCUT2D eigenvalue weighted by molar-refractivity contribution is 6.87. The van der Waals surface area contributed by atoms with Crippen molar-refractivity contribution in [2.75, 3.05) is 12.8 Å². The lowest BCUT2D eigenvalue weighted by Crippen LogP contribution is -2.66. The number of ether oxygens (including phenoxy) is 1. The summed E-state index contributed by atoms with van der Waals surface area (Å²) in [4.78, 5) is 4.62. The van der Waals surface area contributed by atoms with Crippen LogP contribution in [-0.2, 0) is 4.74 Å². The van der Waals surface area contributed by atoms with Crippen LogP contribution in [0.4, 0.5) is 0 Å². The number of aliphatic imine (C=N–C) groups is 1. The van der Waals surface area contributed by atoms with Crippen molar-refractivity contribution >= 4 is 22.7 Å². The Morgan fingerprint density at radius 2 is 1.79 bits per heavy atom. The summed E-state index contributed by atoms with van der Waals surface area (Å²) in [6.45, 7) is 10.5. The summed E-state index contributed by atoms with van der Waals surface area (Å²) >= 11 is 0. The van der Waals surface area contributed by atoms with E-state index in [1.165, 1.54) is 36.4 Å². The van der Waals surface area contributed by atoms with Crippen LogP contribution in [0.1, 0.15) is 27.7 Å². The van der Waals surface area contributed by atoms with E-state index in [4.69, 9.17) is 4.74 Å². The van der Waals surface area contributed by atoms with Gasteiger partial charge < -0.3 is 9.30 Å². The fraction of sp³-hybridized carbons (Fsp3) is 0.929. The van der Waals surface area contributed by atoms with E-state index < -0.39 is 16.3 Å². The minimum atomic E-state index is -1.27. The number of rotatable bonds is 5. The van der Waals surface area contributed by atoms with Gasteiger partial charge in [0.05, 0.1) is 8.07 Å². The Balaban J connectivity index is 2.25. The molecule has 5 heteroatoms. The molecule has 0 N–H and O–H groups in total. The van der Waals surface area contributed by atoms with Crippen LogP contribution in [0, 0.1) is 0 Å². The van der Waals surface area contributed by atoms with E-state index in [0.717, 1.165) is 6.61 Å². The van der Waals surface area contributed by atoms with Crippen LogP contribution in [0.3, 0.4) is 0 Å². The first-order chi connectivity index (χ1) is 9.15. The first-order valence-electron chi connectivity index (χ1n) is 8.05. The van der Waals surface area contributed by atoms with E-state index >= 15 is 0 Å². The first-order valence-corrected chi connectivity index (χ1v) is 13.4. The van der Waals surface area contributed by atoms with Crippen molar-refractivity contribution in [3.8, 4) is 0 Å². The molecule has 2 heterocycles. The van der Waals surface area contributed by atoms with Gasteiger partial charge in [0.1, 0.15) is 21.0 Å². The Hall–Kier alpha value is -0.136. The average molecular weight is 299 g/mol. The highest BCUT2D eigenvalue weighted by Gasteiger charge is 2.49. The smallest absolute Gasteiger partial charge is 0.171 e. The molecule has 1 unspecified atom stereocenters. The zero-order valence-corrected chi connectivity index (χ0v) is 15.1. The summed E-state index contributed by atoms with van der Waals surface area (Å²) < 4.78 is 8.31. The Labute approximate surface area is 120 Å². The molecule has 0 bridgehead atoms. The molecule has 1 saturated heterocycles. The fourth-order valence-corrected chi connectivity index (χ4v) is 16.1. The normalized spacial score (nSPS) is 29.4. The van der Waals surface area contributed by atoms with Crippen molar-refractivity contribution in [1.29, 1.82) is 0 Å². The lowest BCUT2D eigenvalue weighted by molar-refractivity contribution is 0.245. The standard InChI is InChI=1S/C14H30N2OSi2/c1-5-18(6-2)9-10-19(7-3,8-4)16(13-18)14-11-17-12-15-14/h12,14H,5-11,13H2,1-4H3. The SMILES string of the molecule is CC[Si]1(CC)CC[Si](CC)(CC)N(C2COC=N2)C1. The quantitative estimate of drug-likeness (QED) is 0.723. The number of hydrogen-bond donors (Lipinski definition) is 0. The van der Waals surface area contributed by atoms with Gasteiger partial charge in [-0.05, 0) is 24.3 Å². The maximum Gasteiger partial charge on any atom is 0.171 e. The van der Waals surface area contributed by atoms with E-state index in [0.29, 0.717) is 6.17 Å². The molecule has 0 radical (unpaired) electrons. The molecule has 2 aliphatic rings. The summed E-state index contributed by atoms with van der Waals surface area (Å²) in [7, 11) is -2.32. The summed E-state index contributed by atoms with van der Waals surface area (Å²) in [5.41, 5.74) is 0. The van der Waals surface area contributed by atoms with Gasteiger partial charge in [0, 0.05) is 0 Å². The zero-order valence-electron chi connectivity index (χ0n) is 13.1. The fourth-order valence-electron chi connectivity index (χ4n) is 3.96. The maximum atomic E-state index is 5.43. The van der Waals surface area contributed by atoms with Gasteiger partial charge in [-0.25, -0.2) is 4.99 Å². The Kier molecular flexibility index (Phi) is 4.90. The zero-order chi connectivity index (χ0) is 13.9. The summed E-state index contributed by atoms with van der Waals surface area (Å²) in [6.07, 6.45) is 3.42. The van der Waals surface area contributed by atoms with Crippen LogP contribution < -0.4 is 0 Å². The van der Waals surface area contributed by atoms with Gasteiger partial charge >= 0.3 is 0 Å². The predicted octanol–water partition coefficient (Wildman–Crippen LogP) is 3.70. The largest absolute Gasteiger partial charge is 0.480 e. The molecule has 1 atom stereocenters. The van der Waals surface area contributed by atoms with Crippen LogP contribution in [0.2, 0.25) is 36.3 Å². The van der Waals surface area contributed by atoms with Crippen molar-refractivity contribution in [3.05, 3.63) is 0 Å². The molecule has 1 fully saturated rings. The highest BCUT2D eigenvalue weighted by Crippen LogP contribution is 2.40. The summed E-state index contributed by atoms with van der Waals surface area (Å²) in [6, 6.07) is 8.73. The second kappa shape index (κ2) is 6.10. The Morgan fingerprint density at radius 1 is 1.11 bits per heavy atom. The van der Waals surface area contributed by atoms with Gasteiger partial charge in [-0.3, -0.25) is 0 Å². The number of hydrogen-bond acceptors (Lipinski definition) is 3. The molecule has 2 rings (SSSR count). The van der Waals surface area contributed by atoms with Crippen LogP contribution >= 0.6 is 0 Å². The van der Waals surface area contributed by atoms with Gasteiger partial charge in [0.25, 0.3) is 0 Å². The molecule has 0 aromatic heterocycles. The lowest BCUT2D eigenvalue weighted by atomic mass is 10.6. The van der Waals surface area contributed by atoms with Gasteiger partial charge in [-0.15, -0.1) is 0 Å². The second-order valence-corrected chi connectivity index (χ2v) is 16.5. The minimum Gasteiger partial charge on any atom is -0.480 e. The van der Waals surface area contributed by atoms with Crippen molar-refractivity contribution < 1.29 is 4.74 Å². The molecular weight excluding hydrogens is 268 g/mol. The minimum absolute atomic E-state index is 0.344. The predicted molar refractivity (Wildman–Crippen MR) is 88.0 cm³/mol. The van der Waals surface area contributed by atoms with Crippen LogP contribution in [0.25, 0.3) is 0 Å². The van der Waals surface area contributed by atoms with Crippen molar-refractivity contribution in [2.24, 2.45) is 4.99 Å². The van der Waals surface area contributed by atoms with Crippen molar-refractivity contribution in [3.63, 3.8) is 0 Å². The van der Waals surface area contributed by atoms with E-state index in [-0.39, 0.29) is 0 Å². The topological polar surface area (TPSA) is 24.8 Å². The second-order valence-electron chi connectivity index (χ2n) is 6.33. The molecule has 19 heavy (non-hydrogen) atoms. The third-order valence-corrected chi connectivity index (χ3v) is 17.6.